The van der Waals surface area contributed by atoms with Gasteiger partial charge in [0.2, 0.25) is 10.0 Å². The Kier molecular flexibility index (Phi) is 3.68. The molecule has 0 aliphatic heterocycles. The van der Waals surface area contributed by atoms with Crippen molar-refractivity contribution in [3.63, 3.8) is 0 Å². The first-order valence-corrected chi connectivity index (χ1v) is 7.36. The van der Waals surface area contributed by atoms with E-state index in [0.717, 1.165) is 12.8 Å². The number of anilines is 1. The zero-order valence-electron chi connectivity index (χ0n) is 9.65. The number of nitrogens with one attached hydrogen (secondary N) is 2. The SMILES string of the molecule is Nc1[nH]ncc1S(=O)(=O)NCC1CCCCC1. The predicted octanol–water partition coefficient (Wildman–Crippen LogP) is 0.850. The zero-order chi connectivity index (χ0) is 12.3. The molecule has 6 nitrogen and oxygen atoms in total. The number of aromatic amines is 1. The van der Waals surface area contributed by atoms with E-state index in [0.29, 0.717) is 12.5 Å². The molecule has 17 heavy (non-hydrogen) atoms. The predicted molar refractivity (Wildman–Crippen MR) is 64.8 cm³/mol. The fourth-order valence-electron chi connectivity index (χ4n) is 2.20. The fourth-order valence-corrected chi connectivity index (χ4v) is 3.33. The van der Waals surface area contributed by atoms with Crippen LogP contribution in [-0.2, 0) is 10.0 Å². The summed E-state index contributed by atoms with van der Waals surface area (Å²) in [6, 6.07) is 0. The van der Waals surface area contributed by atoms with E-state index in [9.17, 15) is 8.42 Å². The van der Waals surface area contributed by atoms with Gasteiger partial charge >= 0.3 is 0 Å². The quantitative estimate of drug-likeness (QED) is 0.745. The molecule has 7 heteroatoms. The smallest absolute Gasteiger partial charge is 0.245 e. The summed E-state index contributed by atoms with van der Waals surface area (Å²) in [5, 5.41) is 6.03. The monoisotopic (exact) mass is 258 g/mol. The Hall–Kier alpha value is -1.08. The van der Waals surface area contributed by atoms with Crippen LogP contribution >= 0.6 is 0 Å². The average molecular weight is 258 g/mol. The Morgan fingerprint density at radius 3 is 2.71 bits per heavy atom. The van der Waals surface area contributed by atoms with Crippen LogP contribution in [0.25, 0.3) is 0 Å². The molecule has 0 atom stereocenters. The summed E-state index contributed by atoms with van der Waals surface area (Å²) in [5.74, 6) is 0.535. The molecule has 1 aliphatic carbocycles. The second kappa shape index (κ2) is 5.05. The number of nitrogen functional groups attached to an aromatic ring is 1. The summed E-state index contributed by atoms with van der Waals surface area (Å²) in [6.45, 7) is 0.493. The molecule has 1 aromatic rings. The van der Waals surface area contributed by atoms with Crippen molar-refractivity contribution in [1.82, 2.24) is 14.9 Å². The first-order valence-electron chi connectivity index (χ1n) is 5.88. The van der Waals surface area contributed by atoms with Crippen LogP contribution in [0.2, 0.25) is 0 Å². The third-order valence-corrected chi connectivity index (χ3v) is 4.66. The van der Waals surface area contributed by atoms with E-state index in [1.165, 1.54) is 25.5 Å². The topological polar surface area (TPSA) is 101 Å². The third-order valence-electron chi connectivity index (χ3n) is 3.21. The van der Waals surface area contributed by atoms with Crippen LogP contribution < -0.4 is 10.5 Å². The second-order valence-electron chi connectivity index (χ2n) is 4.50. The number of H-pyrrole nitrogens is 1. The van der Waals surface area contributed by atoms with Crippen LogP contribution in [0.5, 0.6) is 0 Å². The van der Waals surface area contributed by atoms with E-state index in [1.807, 2.05) is 0 Å². The molecule has 2 rings (SSSR count). The molecular weight excluding hydrogens is 240 g/mol. The third kappa shape index (κ3) is 2.98. The van der Waals surface area contributed by atoms with Crippen molar-refractivity contribution in [3.8, 4) is 0 Å². The largest absolute Gasteiger partial charge is 0.383 e. The van der Waals surface area contributed by atoms with Gasteiger partial charge in [0.1, 0.15) is 10.7 Å². The lowest BCUT2D eigenvalue weighted by molar-refractivity contribution is 0.357. The van der Waals surface area contributed by atoms with E-state index in [-0.39, 0.29) is 10.7 Å². The number of nitrogens with two attached hydrogens (primary N) is 1. The summed E-state index contributed by atoms with van der Waals surface area (Å²) < 4.78 is 26.4. The summed E-state index contributed by atoms with van der Waals surface area (Å²) in [4.78, 5) is 0.0355. The highest BCUT2D eigenvalue weighted by molar-refractivity contribution is 7.89. The summed E-state index contributed by atoms with van der Waals surface area (Å²) in [5.41, 5.74) is 5.50. The number of hydrogen-bond donors (Lipinski definition) is 3. The highest BCUT2D eigenvalue weighted by atomic mass is 32.2. The maximum Gasteiger partial charge on any atom is 0.245 e. The standard InChI is InChI=1S/C10H18N4O2S/c11-10-9(7-12-14-10)17(15,16)13-6-8-4-2-1-3-5-8/h7-8,13H,1-6H2,(H3,11,12,14). The molecule has 1 saturated carbocycles. The fraction of sp³-hybridized carbons (Fsp3) is 0.700. The minimum atomic E-state index is -3.52. The second-order valence-corrected chi connectivity index (χ2v) is 6.24. The Labute approximate surface area is 101 Å². The van der Waals surface area contributed by atoms with Crippen molar-refractivity contribution in [2.24, 2.45) is 5.92 Å². The van der Waals surface area contributed by atoms with Gasteiger partial charge in [-0.1, -0.05) is 19.3 Å². The molecule has 1 heterocycles. The van der Waals surface area contributed by atoms with Gasteiger partial charge in [0, 0.05) is 6.54 Å². The number of sulfonamides is 1. The van der Waals surface area contributed by atoms with Gasteiger partial charge in [0.25, 0.3) is 0 Å². The van der Waals surface area contributed by atoms with Crippen molar-refractivity contribution < 1.29 is 8.42 Å². The lowest BCUT2D eigenvalue weighted by atomic mass is 9.90. The number of rotatable bonds is 4. The molecule has 0 bridgehead atoms. The Balaban J connectivity index is 1.96. The minimum absolute atomic E-state index is 0.0355. The van der Waals surface area contributed by atoms with Crippen LogP contribution in [0.4, 0.5) is 5.82 Å². The zero-order valence-corrected chi connectivity index (χ0v) is 10.5. The van der Waals surface area contributed by atoms with Crippen LogP contribution in [-0.4, -0.2) is 25.2 Å². The van der Waals surface area contributed by atoms with Crippen LogP contribution in [0.15, 0.2) is 11.1 Å². The van der Waals surface area contributed by atoms with Crippen molar-refractivity contribution in [2.45, 2.75) is 37.0 Å². The van der Waals surface area contributed by atoms with Gasteiger partial charge in [-0.3, -0.25) is 5.10 Å². The molecule has 0 aromatic carbocycles. The van der Waals surface area contributed by atoms with E-state index < -0.39 is 10.0 Å². The highest BCUT2D eigenvalue weighted by Gasteiger charge is 2.21. The van der Waals surface area contributed by atoms with Gasteiger partial charge in [-0.15, -0.1) is 0 Å². The molecule has 4 N–H and O–H groups in total. The molecule has 1 fully saturated rings. The molecule has 0 spiro atoms. The molecule has 96 valence electrons. The minimum Gasteiger partial charge on any atom is -0.383 e. The average Bonchev–Trinajstić information content (AvgIpc) is 2.75. The summed E-state index contributed by atoms with van der Waals surface area (Å²) in [7, 11) is -3.52. The maximum atomic E-state index is 11.9. The van der Waals surface area contributed by atoms with Gasteiger partial charge in [0.05, 0.1) is 6.20 Å². The highest BCUT2D eigenvalue weighted by Crippen LogP contribution is 2.23. The van der Waals surface area contributed by atoms with E-state index >= 15 is 0 Å². The van der Waals surface area contributed by atoms with Gasteiger partial charge in [-0.05, 0) is 18.8 Å². The van der Waals surface area contributed by atoms with Crippen LogP contribution in [0.1, 0.15) is 32.1 Å². The van der Waals surface area contributed by atoms with Crippen molar-refractivity contribution in [3.05, 3.63) is 6.20 Å². The Morgan fingerprint density at radius 1 is 1.41 bits per heavy atom. The number of nitrogens with zero attached hydrogens (tertiary/aromatic N) is 1. The summed E-state index contributed by atoms with van der Waals surface area (Å²) in [6.07, 6.45) is 7.09. The van der Waals surface area contributed by atoms with Crippen LogP contribution in [0, 0.1) is 5.92 Å². The molecule has 1 aliphatic rings. The van der Waals surface area contributed by atoms with Crippen molar-refractivity contribution in [2.75, 3.05) is 12.3 Å². The molecule has 0 radical (unpaired) electrons. The van der Waals surface area contributed by atoms with E-state index in [4.69, 9.17) is 5.73 Å². The Bertz CT molecular complexity index is 462. The van der Waals surface area contributed by atoms with Crippen molar-refractivity contribution >= 4 is 15.8 Å². The first-order chi connectivity index (χ1) is 8.09. The molecular formula is C10H18N4O2S. The maximum absolute atomic E-state index is 11.9. The molecule has 0 saturated heterocycles. The first kappa shape index (κ1) is 12.4. The van der Waals surface area contributed by atoms with Gasteiger partial charge in [0.15, 0.2) is 0 Å². The summed E-state index contributed by atoms with van der Waals surface area (Å²) >= 11 is 0. The van der Waals surface area contributed by atoms with Crippen LogP contribution in [0.3, 0.4) is 0 Å². The molecule has 0 unspecified atom stereocenters. The lowest BCUT2D eigenvalue weighted by Crippen LogP contribution is -2.30. The van der Waals surface area contributed by atoms with Gasteiger partial charge in [-0.25, -0.2) is 13.1 Å². The van der Waals surface area contributed by atoms with Gasteiger partial charge < -0.3 is 5.73 Å². The van der Waals surface area contributed by atoms with E-state index in [1.54, 1.807) is 0 Å². The Morgan fingerprint density at radius 2 is 2.12 bits per heavy atom. The lowest BCUT2D eigenvalue weighted by Gasteiger charge is -2.21. The van der Waals surface area contributed by atoms with Crippen molar-refractivity contribution in [1.29, 1.82) is 0 Å². The van der Waals surface area contributed by atoms with Gasteiger partial charge in [-0.2, -0.15) is 5.10 Å². The molecule has 1 aromatic heterocycles. The van der Waals surface area contributed by atoms with E-state index in [2.05, 4.69) is 14.9 Å². The number of hydrogen-bond acceptors (Lipinski definition) is 4. The number of aromatic nitrogens is 2. The normalized spacial score (nSPS) is 18.4. The molecule has 0 amide bonds.